The number of rotatable bonds is 1. The van der Waals surface area contributed by atoms with Gasteiger partial charge in [-0.1, -0.05) is 17.8 Å². The third-order valence-corrected chi connectivity index (χ3v) is 3.52. The first kappa shape index (κ1) is 11.3. The summed E-state index contributed by atoms with van der Waals surface area (Å²) in [5.41, 5.74) is 5.13. The molecule has 0 bridgehead atoms. The Morgan fingerprint density at radius 1 is 1.39 bits per heavy atom. The van der Waals surface area contributed by atoms with Crippen molar-refractivity contribution < 1.29 is 0 Å². The second kappa shape index (κ2) is 4.45. The van der Waals surface area contributed by atoms with E-state index in [2.05, 4.69) is 38.8 Å². The van der Waals surface area contributed by atoms with Crippen molar-refractivity contribution in [2.75, 3.05) is 6.26 Å². The molecule has 0 radical (unpaired) electrons. The lowest BCUT2D eigenvalue weighted by Gasteiger charge is -2.14. The summed E-state index contributed by atoms with van der Waals surface area (Å²) in [5, 5.41) is 10.3. The number of aromatic nitrogens is 2. The summed E-state index contributed by atoms with van der Waals surface area (Å²) in [4.78, 5) is 4.58. The summed E-state index contributed by atoms with van der Waals surface area (Å²) in [5.74, 6) is 0. The summed E-state index contributed by atoms with van der Waals surface area (Å²) in [6, 6.07) is 6.25. The molecule has 1 atom stereocenters. The van der Waals surface area contributed by atoms with Crippen LogP contribution in [0.5, 0.6) is 0 Å². The van der Waals surface area contributed by atoms with Gasteiger partial charge in [0.15, 0.2) is 5.17 Å². The highest BCUT2D eigenvalue weighted by molar-refractivity contribution is 8.13. The molecular formula is C12H13N5S. The number of aryl methyl sites for hydroxylation is 1. The fourth-order valence-corrected chi connectivity index (χ4v) is 2.34. The summed E-state index contributed by atoms with van der Waals surface area (Å²) < 4.78 is 1.87. The Bertz CT molecular complexity index is 643. The van der Waals surface area contributed by atoms with Crippen molar-refractivity contribution in [3.05, 3.63) is 30.0 Å². The van der Waals surface area contributed by atoms with Gasteiger partial charge in [-0.3, -0.25) is 10.1 Å². The van der Waals surface area contributed by atoms with Crippen LogP contribution in [0.2, 0.25) is 0 Å². The van der Waals surface area contributed by atoms with Gasteiger partial charge in [0.1, 0.15) is 6.04 Å². The summed E-state index contributed by atoms with van der Waals surface area (Å²) in [6.07, 6.45) is 5.67. The Morgan fingerprint density at radius 3 is 3.11 bits per heavy atom. The maximum Gasteiger partial charge on any atom is 0.177 e. The van der Waals surface area contributed by atoms with Crippen LogP contribution >= 0.6 is 11.8 Å². The summed E-state index contributed by atoms with van der Waals surface area (Å²) >= 11 is 1.56. The number of hydrogen-bond acceptors (Lipinski definition) is 5. The predicted octanol–water partition coefficient (Wildman–Crippen LogP) is 1.92. The molecule has 1 aliphatic heterocycles. The maximum atomic E-state index is 4.58. The van der Waals surface area contributed by atoms with Crippen molar-refractivity contribution >= 4 is 34.0 Å². The lowest BCUT2D eigenvalue weighted by atomic mass is 10.1. The maximum absolute atomic E-state index is 4.58. The van der Waals surface area contributed by atoms with Gasteiger partial charge in [-0.2, -0.15) is 10.2 Å². The SMILES string of the molecule is CSC1=NC(c2ccc3c(cnn3C)c2)C=NN1. The van der Waals surface area contributed by atoms with E-state index in [1.807, 2.05) is 30.4 Å². The summed E-state index contributed by atoms with van der Waals surface area (Å²) in [6.45, 7) is 0. The van der Waals surface area contributed by atoms with Crippen molar-refractivity contribution in [3.8, 4) is 0 Å². The van der Waals surface area contributed by atoms with Crippen molar-refractivity contribution in [2.24, 2.45) is 17.1 Å². The van der Waals surface area contributed by atoms with Crippen LogP contribution in [0.1, 0.15) is 11.6 Å². The van der Waals surface area contributed by atoms with E-state index >= 15 is 0 Å². The van der Waals surface area contributed by atoms with E-state index in [0.29, 0.717) is 0 Å². The quantitative estimate of drug-likeness (QED) is 0.851. The molecule has 0 saturated carbocycles. The van der Waals surface area contributed by atoms with Crippen LogP contribution in [0.15, 0.2) is 34.5 Å². The van der Waals surface area contributed by atoms with E-state index in [0.717, 1.165) is 21.6 Å². The normalized spacial score (nSPS) is 18.8. The molecule has 1 aromatic heterocycles. The minimum absolute atomic E-state index is 0.0155. The van der Waals surface area contributed by atoms with Gasteiger partial charge < -0.3 is 0 Å². The number of nitrogens with zero attached hydrogens (tertiary/aromatic N) is 4. The number of benzene rings is 1. The highest BCUT2D eigenvalue weighted by atomic mass is 32.2. The van der Waals surface area contributed by atoms with Crippen LogP contribution in [0.25, 0.3) is 10.9 Å². The molecule has 3 rings (SSSR count). The first-order valence-corrected chi connectivity index (χ1v) is 6.83. The molecule has 1 unspecified atom stereocenters. The fraction of sp³-hybridized carbons (Fsp3) is 0.250. The molecular weight excluding hydrogens is 246 g/mol. The Balaban J connectivity index is 2.01. The molecule has 1 aliphatic rings. The van der Waals surface area contributed by atoms with Gasteiger partial charge in [0.2, 0.25) is 0 Å². The third kappa shape index (κ3) is 1.88. The van der Waals surface area contributed by atoms with E-state index < -0.39 is 0 Å². The largest absolute Gasteiger partial charge is 0.268 e. The molecule has 1 aromatic carbocycles. The number of hydrazone groups is 1. The van der Waals surface area contributed by atoms with Crippen molar-refractivity contribution in [1.82, 2.24) is 15.2 Å². The zero-order valence-electron chi connectivity index (χ0n) is 10.2. The molecule has 5 nitrogen and oxygen atoms in total. The van der Waals surface area contributed by atoms with E-state index in [9.17, 15) is 0 Å². The van der Waals surface area contributed by atoms with Gasteiger partial charge in [-0.15, -0.1) is 0 Å². The van der Waals surface area contributed by atoms with Crippen LogP contribution < -0.4 is 5.43 Å². The zero-order valence-corrected chi connectivity index (χ0v) is 11.0. The Kier molecular flexibility index (Phi) is 2.79. The molecule has 0 spiro atoms. The molecule has 18 heavy (non-hydrogen) atoms. The Morgan fingerprint density at radius 2 is 2.28 bits per heavy atom. The minimum atomic E-state index is -0.0155. The average Bonchev–Trinajstić information content (AvgIpc) is 2.80. The average molecular weight is 259 g/mol. The first-order valence-electron chi connectivity index (χ1n) is 5.60. The number of thioether (sulfide) groups is 1. The third-order valence-electron chi connectivity index (χ3n) is 2.94. The molecule has 0 saturated heterocycles. The van der Waals surface area contributed by atoms with Gasteiger partial charge in [-0.25, -0.2) is 4.99 Å². The van der Waals surface area contributed by atoms with Gasteiger partial charge in [0.25, 0.3) is 0 Å². The number of nitrogens with one attached hydrogen (secondary N) is 1. The van der Waals surface area contributed by atoms with Crippen LogP contribution in [-0.4, -0.2) is 27.4 Å². The number of amidine groups is 1. The standard InChI is InChI=1S/C12H13N5S/c1-17-11-4-3-8(5-9(11)6-14-17)10-7-13-16-12(15-10)18-2/h3-7,10H,1-2H3,(H,15,16). The molecule has 92 valence electrons. The predicted molar refractivity (Wildman–Crippen MR) is 76.0 cm³/mol. The van der Waals surface area contributed by atoms with Crippen molar-refractivity contribution in [3.63, 3.8) is 0 Å². The van der Waals surface area contributed by atoms with Gasteiger partial charge in [0, 0.05) is 12.4 Å². The molecule has 0 amide bonds. The smallest absolute Gasteiger partial charge is 0.177 e. The van der Waals surface area contributed by atoms with E-state index in [4.69, 9.17) is 0 Å². The highest BCUT2D eigenvalue weighted by Crippen LogP contribution is 2.23. The lowest BCUT2D eigenvalue weighted by molar-refractivity contribution is 0.797. The van der Waals surface area contributed by atoms with Crippen LogP contribution in [-0.2, 0) is 7.05 Å². The minimum Gasteiger partial charge on any atom is -0.268 e. The van der Waals surface area contributed by atoms with Gasteiger partial charge >= 0.3 is 0 Å². The zero-order chi connectivity index (χ0) is 12.5. The second-order valence-electron chi connectivity index (χ2n) is 4.06. The molecule has 2 aromatic rings. The van der Waals surface area contributed by atoms with Crippen molar-refractivity contribution in [1.29, 1.82) is 0 Å². The van der Waals surface area contributed by atoms with Crippen LogP contribution in [0, 0.1) is 0 Å². The molecule has 0 fully saturated rings. The Labute approximate surface area is 109 Å². The Hall–Kier alpha value is -1.82. The molecule has 0 aliphatic carbocycles. The second-order valence-corrected chi connectivity index (χ2v) is 4.85. The molecule has 1 N–H and O–H groups in total. The fourth-order valence-electron chi connectivity index (χ4n) is 1.98. The van der Waals surface area contributed by atoms with Gasteiger partial charge in [-0.05, 0) is 24.0 Å². The van der Waals surface area contributed by atoms with Crippen LogP contribution in [0.4, 0.5) is 0 Å². The number of aliphatic imine (C=N–C) groups is 1. The molecule has 6 heteroatoms. The monoisotopic (exact) mass is 259 g/mol. The van der Waals surface area contributed by atoms with Gasteiger partial charge in [0.05, 0.1) is 17.9 Å². The van der Waals surface area contributed by atoms with Crippen LogP contribution in [0.3, 0.4) is 0 Å². The number of fused-ring (bicyclic) bond motifs is 1. The highest BCUT2D eigenvalue weighted by Gasteiger charge is 2.13. The lowest BCUT2D eigenvalue weighted by Crippen LogP contribution is -2.20. The van der Waals surface area contributed by atoms with E-state index in [1.54, 1.807) is 11.8 Å². The topological polar surface area (TPSA) is 54.6 Å². The summed E-state index contributed by atoms with van der Waals surface area (Å²) in [7, 11) is 1.94. The molecule has 2 heterocycles. The van der Waals surface area contributed by atoms with E-state index in [1.165, 1.54) is 0 Å². The first-order chi connectivity index (χ1) is 8.78. The van der Waals surface area contributed by atoms with Crippen molar-refractivity contribution in [2.45, 2.75) is 6.04 Å². The van der Waals surface area contributed by atoms with E-state index in [-0.39, 0.29) is 6.04 Å². The number of hydrogen-bond donors (Lipinski definition) is 1.